The Morgan fingerprint density at radius 1 is 2.00 bits per heavy atom. The number of hydrogen-bond donors (Lipinski definition) is 1. The SMILES string of the molecule is C[N+]1([NH-])ON1N. The molecule has 5 nitrogen and oxygen atoms in total. The van der Waals surface area contributed by atoms with Crippen LogP contribution in [0.5, 0.6) is 0 Å². The van der Waals surface area contributed by atoms with E-state index >= 15 is 0 Å². The van der Waals surface area contributed by atoms with Crippen LogP contribution < -0.4 is 5.84 Å². The maximum absolute atomic E-state index is 6.77. The molecule has 0 amide bonds. The van der Waals surface area contributed by atoms with E-state index in [0.717, 1.165) is 5.28 Å². The molecule has 0 bridgehead atoms. The van der Waals surface area contributed by atoms with Gasteiger partial charge in [-0.1, -0.05) is 0 Å². The van der Waals surface area contributed by atoms with Crippen molar-refractivity contribution in [3.63, 3.8) is 0 Å². The van der Waals surface area contributed by atoms with Crippen LogP contribution in [0, 0.1) is 0 Å². The third-order valence-electron chi connectivity index (χ3n) is 0.594. The number of nitrogens with zero attached hydrogens (tertiary/aromatic N) is 2. The number of hydroxylamine groups is 1. The van der Waals surface area contributed by atoms with Crippen LogP contribution in [-0.4, -0.2) is 17.2 Å². The van der Waals surface area contributed by atoms with Crippen molar-refractivity contribution in [2.24, 2.45) is 5.84 Å². The molecule has 6 heavy (non-hydrogen) atoms. The fraction of sp³-hybridized carbons (Fsp3) is 1.00. The quantitative estimate of drug-likeness (QED) is 0.244. The Labute approximate surface area is 35.1 Å². The zero-order valence-electron chi connectivity index (χ0n) is 3.38. The molecule has 0 aromatic heterocycles. The van der Waals surface area contributed by atoms with Crippen molar-refractivity contribution in [1.29, 1.82) is 0 Å². The number of hydrogen-bond acceptors (Lipinski definition) is 3. The minimum absolute atomic E-state index is 0.403. The van der Waals surface area contributed by atoms with Gasteiger partial charge in [0, 0.05) is 0 Å². The van der Waals surface area contributed by atoms with Gasteiger partial charge < -0.3 is 5.84 Å². The first kappa shape index (κ1) is 3.97. The number of hydrazine groups is 1. The third kappa shape index (κ3) is 0.385. The van der Waals surface area contributed by atoms with E-state index < -0.39 is 4.86 Å². The van der Waals surface area contributed by atoms with Crippen molar-refractivity contribution in [3.8, 4) is 0 Å². The van der Waals surface area contributed by atoms with E-state index in [4.69, 9.17) is 11.7 Å². The predicted octanol–water partition coefficient (Wildman–Crippen LogP) is -0.649. The molecule has 5 heteroatoms. The highest BCUT2D eigenvalue weighted by Crippen LogP contribution is 2.21. The molecule has 3 N–H and O–H groups in total. The summed E-state index contributed by atoms with van der Waals surface area (Å²) in [4.78, 5) is 3.92. The molecular weight excluding hydrogens is 84.0 g/mol. The van der Waals surface area contributed by atoms with Gasteiger partial charge in [0.1, 0.15) is 12.3 Å². The van der Waals surface area contributed by atoms with Crippen LogP contribution in [0.1, 0.15) is 0 Å². The van der Waals surface area contributed by atoms with Crippen LogP contribution in [0.4, 0.5) is 0 Å². The van der Waals surface area contributed by atoms with Crippen molar-refractivity contribution in [2.75, 3.05) is 7.05 Å². The molecule has 1 saturated heterocycles. The number of quaternary nitrogens is 1. The van der Waals surface area contributed by atoms with Gasteiger partial charge in [-0.3, -0.25) is 0 Å². The smallest absolute Gasteiger partial charge is 0.125 e. The van der Waals surface area contributed by atoms with Crippen molar-refractivity contribution in [1.82, 2.24) is 5.28 Å². The van der Waals surface area contributed by atoms with E-state index in [1.54, 1.807) is 0 Å². The van der Waals surface area contributed by atoms with Crippen LogP contribution in [-0.2, 0) is 4.94 Å². The van der Waals surface area contributed by atoms with Gasteiger partial charge in [-0.2, -0.15) is 5.84 Å². The standard InChI is InChI=1S/CH6N4O/c1-5(3)4(2)6-5/h3H,2H2,1H3. The van der Waals surface area contributed by atoms with Crippen LogP contribution in [0.15, 0.2) is 0 Å². The monoisotopic (exact) mass is 90.1 g/mol. The molecule has 0 saturated carbocycles. The zero-order chi connectivity index (χ0) is 4.78. The minimum Gasteiger partial charge on any atom is -0.405 e. The van der Waals surface area contributed by atoms with E-state index in [2.05, 4.69) is 4.94 Å². The summed E-state index contributed by atoms with van der Waals surface area (Å²) in [5.74, 6) is 11.7. The lowest BCUT2D eigenvalue weighted by atomic mass is 11.4. The summed E-state index contributed by atoms with van der Waals surface area (Å²) < 4.78 is 0. The van der Waals surface area contributed by atoms with Crippen LogP contribution in [0.2, 0.25) is 0 Å². The van der Waals surface area contributed by atoms with E-state index in [1.165, 1.54) is 7.05 Å². The van der Waals surface area contributed by atoms with Crippen molar-refractivity contribution in [2.45, 2.75) is 0 Å². The Kier molecular flexibility index (Phi) is 0.478. The third-order valence-corrected chi connectivity index (χ3v) is 0.594. The molecule has 2 atom stereocenters. The lowest BCUT2D eigenvalue weighted by Gasteiger charge is -1.97. The van der Waals surface area contributed by atoms with Crippen LogP contribution in [0.3, 0.4) is 0 Å². The second-order valence-corrected chi connectivity index (χ2v) is 1.26. The molecule has 0 aromatic rings. The second kappa shape index (κ2) is 0.722. The lowest BCUT2D eigenvalue weighted by Crippen LogP contribution is -2.20. The summed E-state index contributed by atoms with van der Waals surface area (Å²) in [5.41, 5.74) is 0. The van der Waals surface area contributed by atoms with Crippen molar-refractivity contribution >= 4 is 0 Å². The largest absolute Gasteiger partial charge is 0.405 e. The molecule has 2 unspecified atom stereocenters. The van der Waals surface area contributed by atoms with Gasteiger partial charge in [0.2, 0.25) is 0 Å². The Bertz CT molecular complexity index is 69.9. The summed E-state index contributed by atoms with van der Waals surface area (Å²) in [6, 6.07) is 0. The van der Waals surface area contributed by atoms with Gasteiger partial charge in [-0.15, -0.1) is 4.86 Å². The molecule has 1 aliphatic heterocycles. The summed E-state index contributed by atoms with van der Waals surface area (Å²) in [7, 11) is 1.50. The molecule has 0 aliphatic carbocycles. The number of rotatable bonds is 0. The molecule has 0 radical (unpaired) electrons. The zero-order valence-corrected chi connectivity index (χ0v) is 3.38. The maximum atomic E-state index is 6.77. The van der Waals surface area contributed by atoms with Gasteiger partial charge in [0.15, 0.2) is 0 Å². The predicted molar refractivity (Wildman–Crippen MR) is 17.6 cm³/mol. The maximum Gasteiger partial charge on any atom is 0.125 e. The molecule has 1 aliphatic rings. The second-order valence-electron chi connectivity index (χ2n) is 1.26. The van der Waals surface area contributed by atoms with E-state index in [0.29, 0.717) is 0 Å². The Morgan fingerprint density at radius 2 is 2.17 bits per heavy atom. The highest BCUT2D eigenvalue weighted by Gasteiger charge is 2.42. The van der Waals surface area contributed by atoms with Gasteiger partial charge in [-0.05, 0) is 4.94 Å². The molecule has 1 rings (SSSR count). The average Bonchev–Trinajstić information content (AvgIpc) is 1.73. The van der Waals surface area contributed by atoms with E-state index in [-0.39, 0.29) is 0 Å². The Hall–Kier alpha value is -0.200. The summed E-state index contributed by atoms with van der Waals surface area (Å²) in [6.45, 7) is 0. The first-order chi connectivity index (χ1) is 2.63. The Morgan fingerprint density at radius 3 is 2.17 bits per heavy atom. The highest BCUT2D eigenvalue weighted by molar-refractivity contribution is 4.08. The molecule has 0 spiro atoms. The normalized spacial score (nSPS) is 55.5. The van der Waals surface area contributed by atoms with Crippen LogP contribution in [0.25, 0.3) is 5.84 Å². The minimum atomic E-state index is -0.403. The molecule has 0 aromatic carbocycles. The fourth-order valence-electron chi connectivity index (χ4n) is 0.147. The van der Waals surface area contributed by atoms with E-state index in [9.17, 15) is 0 Å². The van der Waals surface area contributed by atoms with Gasteiger partial charge >= 0.3 is 0 Å². The topological polar surface area (TPSA) is 65.4 Å². The van der Waals surface area contributed by atoms with Crippen LogP contribution >= 0.6 is 0 Å². The fourth-order valence-corrected chi connectivity index (χ4v) is 0.147. The van der Waals surface area contributed by atoms with Crippen molar-refractivity contribution in [3.05, 3.63) is 5.84 Å². The molecule has 1 heterocycles. The summed E-state index contributed by atoms with van der Waals surface area (Å²) in [6.07, 6.45) is 0. The number of nitrogens with two attached hydrogens (primary N) is 1. The summed E-state index contributed by atoms with van der Waals surface area (Å²) >= 11 is 0. The Balaban J connectivity index is 2.41. The number of nitrogens with one attached hydrogen (secondary N) is 1. The van der Waals surface area contributed by atoms with Gasteiger partial charge in [-0.25, -0.2) is 0 Å². The first-order valence-electron chi connectivity index (χ1n) is 1.49. The lowest BCUT2D eigenvalue weighted by molar-refractivity contribution is -0.885. The molecule has 36 valence electrons. The molecular formula is CH6N4O. The van der Waals surface area contributed by atoms with E-state index in [1.807, 2.05) is 0 Å². The summed E-state index contributed by atoms with van der Waals surface area (Å²) in [5, 5.41) is 0.917. The molecule has 1 fully saturated rings. The average molecular weight is 90.1 g/mol. The van der Waals surface area contributed by atoms with Gasteiger partial charge in [0.25, 0.3) is 0 Å². The first-order valence-corrected chi connectivity index (χ1v) is 1.49. The highest BCUT2D eigenvalue weighted by atomic mass is 17.2. The van der Waals surface area contributed by atoms with Crippen molar-refractivity contribution < 1.29 is 9.80 Å². The van der Waals surface area contributed by atoms with Gasteiger partial charge in [0.05, 0.1) is 0 Å².